The van der Waals surface area contributed by atoms with Gasteiger partial charge in [-0.2, -0.15) is 13.2 Å². The number of para-hydroxylation sites is 1. The van der Waals surface area contributed by atoms with Crippen molar-refractivity contribution in [3.8, 4) is 0 Å². The molecule has 2 amide bonds. The molecular weight excluding hydrogens is 451 g/mol. The van der Waals surface area contributed by atoms with E-state index < -0.39 is 23.3 Å². The molecule has 35 heavy (non-hydrogen) atoms. The molecule has 0 saturated heterocycles. The Labute approximate surface area is 201 Å². The Morgan fingerprint density at radius 1 is 0.829 bits per heavy atom. The number of alkyl halides is 3. The molecule has 4 aromatic rings. The first-order valence-electron chi connectivity index (χ1n) is 11.1. The molecule has 4 rings (SSSR count). The lowest BCUT2D eigenvalue weighted by atomic mass is 9.79. The number of hydrogen-bond acceptors (Lipinski definition) is 2. The van der Waals surface area contributed by atoms with Crippen molar-refractivity contribution in [1.82, 2.24) is 10.3 Å². The number of rotatable bonds is 6. The summed E-state index contributed by atoms with van der Waals surface area (Å²) in [6.07, 6.45) is -2.76. The van der Waals surface area contributed by atoms with Gasteiger partial charge in [0.2, 0.25) is 0 Å². The lowest BCUT2D eigenvalue weighted by Crippen LogP contribution is -2.50. The van der Waals surface area contributed by atoms with Crippen molar-refractivity contribution >= 4 is 11.7 Å². The maximum Gasteiger partial charge on any atom is 0.416 e. The molecule has 1 aromatic heterocycles. The third kappa shape index (κ3) is 5.69. The van der Waals surface area contributed by atoms with Crippen LogP contribution in [0.4, 0.5) is 23.7 Å². The average Bonchev–Trinajstić information content (AvgIpc) is 2.84. The molecule has 2 N–H and O–H groups in total. The van der Waals surface area contributed by atoms with Gasteiger partial charge in [0.1, 0.15) is 5.54 Å². The van der Waals surface area contributed by atoms with Crippen LogP contribution in [0.3, 0.4) is 0 Å². The summed E-state index contributed by atoms with van der Waals surface area (Å²) >= 11 is 0. The van der Waals surface area contributed by atoms with Crippen LogP contribution in [-0.4, -0.2) is 11.0 Å². The minimum atomic E-state index is -4.54. The Morgan fingerprint density at radius 3 is 2.14 bits per heavy atom. The highest BCUT2D eigenvalue weighted by Crippen LogP contribution is 2.37. The standard InChI is InChI=1S/C28H24F3N3O/c1-20-15-16-32-25(17-20)27(19-21-9-4-2-5-10-21,22-11-8-12-23(18-22)28(29,30)31)34-26(35)33-24-13-6-3-7-14-24/h2-18H,19H2,1H3,(H2,33,34,35). The molecule has 0 saturated carbocycles. The normalized spacial score (nSPS) is 13.0. The SMILES string of the molecule is Cc1ccnc(C(Cc2ccccc2)(NC(=O)Nc2ccccc2)c2cccc(C(F)(F)F)c2)c1. The van der Waals surface area contributed by atoms with Crippen LogP contribution < -0.4 is 10.6 Å². The largest absolute Gasteiger partial charge is 0.416 e. The maximum absolute atomic E-state index is 13.7. The average molecular weight is 476 g/mol. The van der Waals surface area contributed by atoms with Gasteiger partial charge in [-0.1, -0.05) is 60.7 Å². The molecule has 0 aliphatic rings. The number of hydrogen-bond donors (Lipinski definition) is 2. The number of nitrogens with zero attached hydrogens (tertiary/aromatic N) is 1. The van der Waals surface area contributed by atoms with E-state index in [4.69, 9.17) is 0 Å². The van der Waals surface area contributed by atoms with Crippen LogP contribution in [0, 0.1) is 6.92 Å². The number of aromatic nitrogens is 1. The van der Waals surface area contributed by atoms with Gasteiger partial charge in [-0.05, 0) is 60.0 Å². The molecule has 3 aromatic carbocycles. The number of carbonyl (C=O) groups excluding carboxylic acids is 1. The smallest absolute Gasteiger partial charge is 0.322 e. The second-order valence-corrected chi connectivity index (χ2v) is 8.31. The number of benzene rings is 3. The van der Waals surface area contributed by atoms with Crippen molar-refractivity contribution in [1.29, 1.82) is 0 Å². The third-order valence-corrected chi connectivity index (χ3v) is 5.71. The highest BCUT2D eigenvalue weighted by Gasteiger charge is 2.40. The highest BCUT2D eigenvalue weighted by molar-refractivity contribution is 5.90. The molecule has 1 unspecified atom stereocenters. The summed E-state index contributed by atoms with van der Waals surface area (Å²) < 4.78 is 41.1. The van der Waals surface area contributed by atoms with Gasteiger partial charge in [-0.15, -0.1) is 0 Å². The monoisotopic (exact) mass is 475 g/mol. The van der Waals surface area contributed by atoms with E-state index in [0.29, 0.717) is 11.4 Å². The lowest BCUT2D eigenvalue weighted by molar-refractivity contribution is -0.137. The van der Waals surface area contributed by atoms with Crippen molar-refractivity contribution in [2.24, 2.45) is 0 Å². The van der Waals surface area contributed by atoms with E-state index >= 15 is 0 Å². The van der Waals surface area contributed by atoms with Crippen LogP contribution in [0.2, 0.25) is 0 Å². The summed E-state index contributed by atoms with van der Waals surface area (Å²) in [5, 5.41) is 5.77. The second-order valence-electron chi connectivity index (χ2n) is 8.31. The van der Waals surface area contributed by atoms with Gasteiger partial charge >= 0.3 is 12.2 Å². The minimum absolute atomic E-state index is 0.188. The Morgan fingerprint density at radius 2 is 1.49 bits per heavy atom. The Bertz CT molecular complexity index is 1290. The molecule has 0 fully saturated rings. The number of halogens is 3. The van der Waals surface area contributed by atoms with Gasteiger partial charge < -0.3 is 10.6 Å². The summed E-state index contributed by atoms with van der Waals surface area (Å²) in [4.78, 5) is 17.8. The zero-order chi connectivity index (χ0) is 24.9. The van der Waals surface area contributed by atoms with E-state index in [-0.39, 0.29) is 12.0 Å². The fourth-order valence-electron chi connectivity index (χ4n) is 4.03. The highest BCUT2D eigenvalue weighted by atomic mass is 19.4. The molecule has 0 bridgehead atoms. The zero-order valence-electron chi connectivity index (χ0n) is 19.0. The molecule has 4 nitrogen and oxygen atoms in total. The summed E-state index contributed by atoms with van der Waals surface area (Å²) in [5.41, 5.74) is 0.775. The van der Waals surface area contributed by atoms with Crippen molar-refractivity contribution in [3.63, 3.8) is 0 Å². The van der Waals surface area contributed by atoms with E-state index in [1.54, 1.807) is 48.7 Å². The van der Waals surface area contributed by atoms with Crippen LogP contribution in [0.1, 0.15) is 27.9 Å². The lowest BCUT2D eigenvalue weighted by Gasteiger charge is -2.36. The van der Waals surface area contributed by atoms with Crippen LogP contribution in [-0.2, 0) is 18.1 Å². The van der Waals surface area contributed by atoms with Crippen molar-refractivity contribution < 1.29 is 18.0 Å². The van der Waals surface area contributed by atoms with Gasteiger partial charge in [0.15, 0.2) is 0 Å². The van der Waals surface area contributed by atoms with Gasteiger partial charge in [0.25, 0.3) is 0 Å². The fourth-order valence-corrected chi connectivity index (χ4v) is 4.03. The second kappa shape index (κ2) is 10.0. The van der Waals surface area contributed by atoms with Gasteiger partial charge in [0.05, 0.1) is 11.3 Å². The maximum atomic E-state index is 13.7. The molecule has 0 spiro atoms. The first-order valence-corrected chi connectivity index (χ1v) is 11.1. The fraction of sp³-hybridized carbons (Fsp3) is 0.143. The number of anilines is 1. The van der Waals surface area contributed by atoms with E-state index in [1.807, 2.05) is 43.3 Å². The van der Waals surface area contributed by atoms with E-state index in [1.165, 1.54) is 6.07 Å². The van der Waals surface area contributed by atoms with E-state index in [2.05, 4.69) is 15.6 Å². The van der Waals surface area contributed by atoms with Crippen LogP contribution in [0.25, 0.3) is 0 Å². The minimum Gasteiger partial charge on any atom is -0.322 e. The zero-order valence-corrected chi connectivity index (χ0v) is 19.0. The third-order valence-electron chi connectivity index (χ3n) is 5.71. The summed E-state index contributed by atoms with van der Waals surface area (Å²) in [6, 6.07) is 26.2. The van der Waals surface area contributed by atoms with Crippen LogP contribution in [0.15, 0.2) is 103 Å². The number of amides is 2. The van der Waals surface area contributed by atoms with Crippen molar-refractivity contribution in [2.45, 2.75) is 25.1 Å². The topological polar surface area (TPSA) is 54.0 Å². The molecule has 1 heterocycles. The van der Waals surface area contributed by atoms with Gasteiger partial charge in [-0.25, -0.2) is 4.79 Å². The predicted molar refractivity (Wildman–Crippen MR) is 130 cm³/mol. The summed E-state index contributed by atoms with van der Waals surface area (Å²) in [5.74, 6) is 0. The molecule has 1 atom stereocenters. The van der Waals surface area contributed by atoms with E-state index in [0.717, 1.165) is 23.3 Å². The number of pyridine rings is 1. The Kier molecular flexibility index (Phi) is 6.87. The molecule has 0 aliphatic carbocycles. The molecule has 178 valence electrons. The first kappa shape index (κ1) is 24.0. The van der Waals surface area contributed by atoms with Crippen LogP contribution >= 0.6 is 0 Å². The summed E-state index contributed by atoms with van der Waals surface area (Å²) in [6.45, 7) is 1.87. The number of urea groups is 1. The number of nitrogens with one attached hydrogen (secondary N) is 2. The molecule has 7 heteroatoms. The van der Waals surface area contributed by atoms with Crippen LogP contribution in [0.5, 0.6) is 0 Å². The van der Waals surface area contributed by atoms with Gasteiger partial charge in [0, 0.05) is 18.3 Å². The Hall–Kier alpha value is -4.13. The molecule has 0 aliphatic heterocycles. The van der Waals surface area contributed by atoms with Gasteiger partial charge in [-0.3, -0.25) is 4.98 Å². The Balaban J connectivity index is 1.89. The summed E-state index contributed by atoms with van der Waals surface area (Å²) in [7, 11) is 0. The number of aryl methyl sites for hydroxylation is 1. The van der Waals surface area contributed by atoms with E-state index in [9.17, 15) is 18.0 Å². The van der Waals surface area contributed by atoms with Crippen molar-refractivity contribution in [2.75, 3.05) is 5.32 Å². The van der Waals surface area contributed by atoms with Crippen molar-refractivity contribution in [3.05, 3.63) is 131 Å². The predicted octanol–water partition coefficient (Wildman–Crippen LogP) is 6.72. The molecule has 0 radical (unpaired) electrons. The first-order chi connectivity index (χ1) is 16.8. The quantitative estimate of drug-likeness (QED) is 0.325. The molecular formula is C28H24F3N3O. The number of carbonyl (C=O) groups is 1.